The van der Waals surface area contributed by atoms with Gasteiger partial charge in [0.15, 0.2) is 0 Å². The molecule has 2 rings (SSSR count). The number of hydrogen-bond donors (Lipinski definition) is 0. The van der Waals surface area contributed by atoms with Crippen LogP contribution >= 0.6 is 0 Å². The van der Waals surface area contributed by atoms with Crippen LogP contribution < -0.4 is 0 Å². The van der Waals surface area contributed by atoms with Crippen molar-refractivity contribution >= 4 is 11.7 Å². The summed E-state index contributed by atoms with van der Waals surface area (Å²) in [6, 6.07) is 0. The zero-order valence-electron chi connectivity index (χ0n) is 17.8. The summed E-state index contributed by atoms with van der Waals surface area (Å²) in [5, 5.41) is 0. The van der Waals surface area contributed by atoms with E-state index in [9.17, 15) is 9.59 Å². The van der Waals surface area contributed by atoms with Gasteiger partial charge in [-0.05, 0) is 65.2 Å². The summed E-state index contributed by atoms with van der Waals surface area (Å²) in [4.78, 5) is 27.1. The van der Waals surface area contributed by atoms with E-state index in [0.29, 0.717) is 30.1 Å². The summed E-state index contributed by atoms with van der Waals surface area (Å²) in [7, 11) is 0. The molecule has 1 heterocycles. The van der Waals surface area contributed by atoms with E-state index in [1.165, 1.54) is 0 Å². The number of amides is 1. The summed E-state index contributed by atoms with van der Waals surface area (Å²) in [5.41, 5.74) is -0.353. The molecular weight excluding hydrogens is 326 g/mol. The number of likely N-dealkylation sites (tertiary alicyclic amines) is 1. The van der Waals surface area contributed by atoms with Crippen LogP contribution in [0.4, 0.5) is 0 Å². The lowest BCUT2D eigenvalue weighted by Crippen LogP contribution is -2.44. The van der Waals surface area contributed by atoms with Gasteiger partial charge in [0.05, 0.1) is 11.7 Å². The highest BCUT2D eigenvalue weighted by atomic mass is 16.5. The predicted molar refractivity (Wildman–Crippen MR) is 105 cm³/mol. The molecule has 4 heteroatoms. The van der Waals surface area contributed by atoms with E-state index in [1.807, 2.05) is 25.7 Å². The Hall–Kier alpha value is -0.900. The summed E-state index contributed by atoms with van der Waals surface area (Å²) >= 11 is 0. The second kappa shape index (κ2) is 8.41. The fourth-order valence-electron chi connectivity index (χ4n) is 4.11. The molecular formula is C22H39NO3. The quantitative estimate of drug-likeness (QED) is 0.731. The Morgan fingerprint density at radius 1 is 0.885 bits per heavy atom. The van der Waals surface area contributed by atoms with Crippen molar-refractivity contribution < 1.29 is 14.3 Å². The number of carbonyl (C=O) groups excluding carboxylic acids is 2. The van der Waals surface area contributed by atoms with Crippen molar-refractivity contribution in [1.29, 1.82) is 0 Å². The number of ether oxygens (including phenoxy) is 1. The minimum atomic E-state index is -0.249. The van der Waals surface area contributed by atoms with Gasteiger partial charge in [-0.25, -0.2) is 0 Å². The van der Waals surface area contributed by atoms with Crippen LogP contribution in [0, 0.1) is 17.3 Å². The lowest BCUT2D eigenvalue weighted by Gasteiger charge is -2.37. The van der Waals surface area contributed by atoms with Gasteiger partial charge >= 0.3 is 0 Å². The van der Waals surface area contributed by atoms with Crippen molar-refractivity contribution in [2.24, 2.45) is 17.3 Å². The third kappa shape index (κ3) is 6.37. The lowest BCUT2D eigenvalue weighted by atomic mass is 9.81. The first-order chi connectivity index (χ1) is 12.0. The fraction of sp³-hybridized carbons (Fsp3) is 0.909. The van der Waals surface area contributed by atoms with E-state index in [-0.39, 0.29) is 16.9 Å². The van der Waals surface area contributed by atoms with Crippen molar-refractivity contribution in [2.75, 3.05) is 13.1 Å². The highest BCUT2D eigenvalue weighted by molar-refractivity contribution is 5.84. The molecule has 1 saturated carbocycles. The molecule has 0 N–H and O–H groups in total. The van der Waals surface area contributed by atoms with Gasteiger partial charge in [-0.1, -0.05) is 20.8 Å². The third-order valence-corrected chi connectivity index (χ3v) is 5.78. The Balaban J connectivity index is 1.74. The molecule has 4 nitrogen and oxygen atoms in total. The summed E-state index contributed by atoms with van der Waals surface area (Å²) in [6.45, 7) is 13.9. The molecule has 0 bridgehead atoms. The van der Waals surface area contributed by atoms with Crippen molar-refractivity contribution in [3.05, 3.63) is 0 Å². The first kappa shape index (κ1) is 21.4. The van der Waals surface area contributed by atoms with Crippen LogP contribution in [0.5, 0.6) is 0 Å². The first-order valence-corrected chi connectivity index (χ1v) is 10.5. The van der Waals surface area contributed by atoms with Crippen LogP contribution in [0.1, 0.15) is 86.5 Å². The minimum Gasteiger partial charge on any atom is -0.373 e. The maximum absolute atomic E-state index is 12.9. The maximum atomic E-state index is 12.9. The fourth-order valence-corrected chi connectivity index (χ4v) is 4.11. The third-order valence-electron chi connectivity index (χ3n) is 5.78. The molecule has 0 unspecified atom stereocenters. The Labute approximate surface area is 160 Å². The molecule has 0 radical (unpaired) electrons. The van der Waals surface area contributed by atoms with Gasteiger partial charge in [0.25, 0.3) is 0 Å². The van der Waals surface area contributed by atoms with Crippen molar-refractivity contribution in [3.8, 4) is 0 Å². The number of hydrogen-bond acceptors (Lipinski definition) is 3. The van der Waals surface area contributed by atoms with Crippen molar-refractivity contribution in [1.82, 2.24) is 4.90 Å². The normalized spacial score (nSPS) is 26.0. The molecule has 1 amide bonds. The van der Waals surface area contributed by atoms with E-state index in [4.69, 9.17) is 4.74 Å². The Morgan fingerprint density at radius 2 is 1.42 bits per heavy atom. The van der Waals surface area contributed by atoms with Crippen LogP contribution in [-0.2, 0) is 14.3 Å². The number of Topliss-reactive ketones (excluding diaryl/α,β-unsaturated/α-hetero) is 1. The number of carbonyl (C=O) groups is 2. The van der Waals surface area contributed by atoms with Gasteiger partial charge in [-0.2, -0.15) is 0 Å². The zero-order chi connectivity index (χ0) is 19.5. The highest BCUT2D eigenvalue weighted by Crippen LogP contribution is 2.32. The first-order valence-electron chi connectivity index (χ1n) is 10.5. The molecule has 0 aromatic rings. The average molecular weight is 366 g/mol. The van der Waals surface area contributed by atoms with Gasteiger partial charge in [-0.15, -0.1) is 0 Å². The van der Waals surface area contributed by atoms with Gasteiger partial charge in [0.1, 0.15) is 5.78 Å². The van der Waals surface area contributed by atoms with Gasteiger partial charge < -0.3 is 9.64 Å². The number of piperidine rings is 1. The molecule has 1 aliphatic carbocycles. The van der Waals surface area contributed by atoms with Crippen LogP contribution in [0.3, 0.4) is 0 Å². The zero-order valence-corrected chi connectivity index (χ0v) is 17.8. The molecule has 0 spiro atoms. The molecule has 1 saturated heterocycles. The van der Waals surface area contributed by atoms with Gasteiger partial charge in [0, 0.05) is 30.8 Å². The molecule has 1 aliphatic heterocycles. The molecule has 26 heavy (non-hydrogen) atoms. The molecule has 2 aliphatic rings. The van der Waals surface area contributed by atoms with E-state index in [0.717, 1.165) is 51.6 Å². The smallest absolute Gasteiger partial charge is 0.225 e. The molecule has 2 fully saturated rings. The molecule has 0 aromatic carbocycles. The number of nitrogens with zero attached hydrogens (tertiary/aromatic N) is 1. The number of rotatable bonds is 4. The predicted octanol–water partition coefficient (Wildman–Crippen LogP) is 4.60. The average Bonchev–Trinajstić information content (AvgIpc) is 2.53. The highest BCUT2D eigenvalue weighted by Gasteiger charge is 2.34. The van der Waals surface area contributed by atoms with Crippen molar-refractivity contribution in [2.45, 2.75) is 98.2 Å². The Morgan fingerprint density at radius 3 is 1.88 bits per heavy atom. The molecule has 150 valence electrons. The van der Waals surface area contributed by atoms with Gasteiger partial charge in [-0.3, -0.25) is 9.59 Å². The Bertz CT molecular complexity index is 484. The summed E-state index contributed by atoms with van der Waals surface area (Å²) in [5.74, 6) is 1.29. The summed E-state index contributed by atoms with van der Waals surface area (Å²) < 4.78 is 6.07. The summed E-state index contributed by atoms with van der Waals surface area (Å²) in [6.07, 6.45) is 6.78. The van der Waals surface area contributed by atoms with E-state index >= 15 is 0 Å². The minimum absolute atomic E-state index is 0.103. The van der Waals surface area contributed by atoms with E-state index < -0.39 is 0 Å². The Kier molecular flexibility index (Phi) is 6.92. The van der Waals surface area contributed by atoms with E-state index in [1.54, 1.807) is 0 Å². The largest absolute Gasteiger partial charge is 0.373 e. The lowest BCUT2D eigenvalue weighted by molar-refractivity contribution is -0.140. The van der Waals surface area contributed by atoms with Crippen LogP contribution in [-0.4, -0.2) is 41.4 Å². The van der Waals surface area contributed by atoms with Gasteiger partial charge in [0.2, 0.25) is 5.91 Å². The SMILES string of the molecule is CC(C)(C)OC1CCC(C(=O)N2CCC(CC(=O)C(C)(C)C)CC2)CC1. The van der Waals surface area contributed by atoms with Crippen LogP contribution in [0.2, 0.25) is 0 Å². The second-order valence-corrected chi connectivity index (χ2v) is 10.3. The monoisotopic (exact) mass is 365 g/mol. The second-order valence-electron chi connectivity index (χ2n) is 10.3. The molecule has 0 aromatic heterocycles. The maximum Gasteiger partial charge on any atom is 0.225 e. The van der Waals surface area contributed by atoms with Crippen molar-refractivity contribution in [3.63, 3.8) is 0 Å². The topological polar surface area (TPSA) is 46.6 Å². The standard InChI is InChI=1S/C22H39NO3/c1-21(2,3)19(24)15-16-11-13-23(14-12-16)20(25)17-7-9-18(10-8-17)26-22(4,5)6/h16-18H,7-15H2,1-6H3. The van der Waals surface area contributed by atoms with Crippen LogP contribution in [0.25, 0.3) is 0 Å². The number of ketones is 1. The molecule has 0 atom stereocenters. The van der Waals surface area contributed by atoms with E-state index in [2.05, 4.69) is 20.8 Å². The van der Waals surface area contributed by atoms with Crippen LogP contribution in [0.15, 0.2) is 0 Å².